The van der Waals surface area contributed by atoms with Gasteiger partial charge in [0.2, 0.25) is 0 Å². The van der Waals surface area contributed by atoms with Crippen molar-refractivity contribution in [3.8, 4) is 0 Å². The average Bonchev–Trinajstić information content (AvgIpc) is 2.63. The number of aryl methyl sites for hydroxylation is 1. The summed E-state index contributed by atoms with van der Waals surface area (Å²) in [6.45, 7) is 3.98. The summed E-state index contributed by atoms with van der Waals surface area (Å²) in [5.74, 6) is 6.60. The van der Waals surface area contributed by atoms with Crippen molar-refractivity contribution in [3.05, 3.63) is 18.2 Å². The highest BCUT2D eigenvalue weighted by Gasteiger charge is 2.11. The molecule has 0 radical (unpaired) electrons. The second-order valence-corrected chi connectivity index (χ2v) is 3.96. The molecule has 0 saturated carbocycles. The summed E-state index contributed by atoms with van der Waals surface area (Å²) in [6, 6.07) is 0.243. The van der Waals surface area contributed by atoms with E-state index in [4.69, 9.17) is 5.84 Å². The maximum atomic E-state index is 5.52. The molecule has 5 nitrogen and oxygen atoms in total. The van der Waals surface area contributed by atoms with Crippen LogP contribution in [0.3, 0.4) is 0 Å². The minimum atomic E-state index is 0.243. The van der Waals surface area contributed by atoms with E-state index in [0.717, 1.165) is 25.3 Å². The van der Waals surface area contributed by atoms with E-state index < -0.39 is 0 Å². The van der Waals surface area contributed by atoms with Gasteiger partial charge in [-0.15, -0.1) is 0 Å². The van der Waals surface area contributed by atoms with Crippen molar-refractivity contribution in [3.63, 3.8) is 0 Å². The van der Waals surface area contributed by atoms with Crippen LogP contribution < -0.4 is 11.3 Å². The Bertz CT molecular complexity index is 281. The quantitative estimate of drug-likeness (QED) is 0.507. The number of hydrogen-bond donors (Lipinski definition) is 2. The Balaban J connectivity index is 2.58. The van der Waals surface area contributed by atoms with E-state index in [1.165, 1.54) is 0 Å². The average molecular weight is 211 g/mol. The molecule has 3 N–H and O–H groups in total. The molecule has 0 spiro atoms. The number of rotatable bonds is 6. The lowest BCUT2D eigenvalue weighted by atomic mass is 10.2. The van der Waals surface area contributed by atoms with E-state index in [0.29, 0.717) is 0 Å². The number of hydrogen-bond acceptors (Lipinski definition) is 4. The van der Waals surface area contributed by atoms with Crippen LogP contribution in [0.4, 0.5) is 0 Å². The fraction of sp³-hybridized carbons (Fsp3) is 0.700. The first-order valence-corrected chi connectivity index (χ1v) is 5.28. The Hall–Kier alpha value is -0.910. The van der Waals surface area contributed by atoms with Crippen molar-refractivity contribution >= 4 is 0 Å². The van der Waals surface area contributed by atoms with E-state index in [2.05, 4.69) is 26.8 Å². The summed E-state index contributed by atoms with van der Waals surface area (Å²) >= 11 is 0. The van der Waals surface area contributed by atoms with Gasteiger partial charge in [0.15, 0.2) is 0 Å². The Morgan fingerprint density at radius 2 is 2.33 bits per heavy atom. The molecule has 1 aromatic heterocycles. The molecule has 0 saturated heterocycles. The lowest BCUT2D eigenvalue weighted by molar-refractivity contribution is 0.334. The second kappa shape index (κ2) is 5.85. The van der Waals surface area contributed by atoms with Crippen LogP contribution in [0.1, 0.15) is 12.7 Å². The molecule has 0 aliphatic rings. The molecule has 1 heterocycles. The van der Waals surface area contributed by atoms with Gasteiger partial charge in [-0.1, -0.05) is 0 Å². The van der Waals surface area contributed by atoms with Crippen LogP contribution in [0.15, 0.2) is 12.4 Å². The highest BCUT2D eigenvalue weighted by molar-refractivity contribution is 4.95. The van der Waals surface area contributed by atoms with Gasteiger partial charge in [-0.05, 0) is 21.0 Å². The van der Waals surface area contributed by atoms with Gasteiger partial charge in [0.1, 0.15) is 5.82 Å². The van der Waals surface area contributed by atoms with Crippen LogP contribution in [0, 0.1) is 0 Å². The lowest BCUT2D eigenvalue weighted by Gasteiger charge is -2.20. The summed E-state index contributed by atoms with van der Waals surface area (Å²) in [6.07, 6.45) is 4.69. The number of aromatic nitrogens is 2. The Kier molecular flexibility index (Phi) is 4.74. The number of nitrogens with two attached hydrogens (primary N) is 1. The van der Waals surface area contributed by atoms with Crippen LogP contribution in [0.25, 0.3) is 0 Å². The predicted molar refractivity (Wildman–Crippen MR) is 61.3 cm³/mol. The van der Waals surface area contributed by atoms with Crippen LogP contribution in [0.5, 0.6) is 0 Å². The monoisotopic (exact) mass is 211 g/mol. The zero-order chi connectivity index (χ0) is 11.3. The van der Waals surface area contributed by atoms with E-state index >= 15 is 0 Å². The molecule has 0 bridgehead atoms. The van der Waals surface area contributed by atoms with Gasteiger partial charge < -0.3 is 9.47 Å². The van der Waals surface area contributed by atoms with Gasteiger partial charge >= 0.3 is 0 Å². The molecular weight excluding hydrogens is 190 g/mol. The molecule has 86 valence electrons. The molecule has 0 aliphatic heterocycles. The van der Waals surface area contributed by atoms with Crippen LogP contribution in [-0.4, -0.2) is 41.1 Å². The maximum Gasteiger partial charge on any atom is 0.110 e. The zero-order valence-electron chi connectivity index (χ0n) is 9.77. The summed E-state index contributed by atoms with van der Waals surface area (Å²) in [5.41, 5.74) is 2.83. The summed E-state index contributed by atoms with van der Waals surface area (Å²) in [4.78, 5) is 6.45. The van der Waals surface area contributed by atoms with Crippen molar-refractivity contribution in [1.29, 1.82) is 0 Å². The minimum Gasteiger partial charge on any atom is -0.335 e. The number of imidazole rings is 1. The number of nitrogens with zero attached hydrogens (tertiary/aromatic N) is 3. The SMILES string of the molecule is CCn1ccnc1CC(CN(C)C)NN. The van der Waals surface area contributed by atoms with E-state index in [9.17, 15) is 0 Å². The topological polar surface area (TPSA) is 59.1 Å². The Labute approximate surface area is 91.2 Å². The third kappa shape index (κ3) is 3.62. The molecule has 0 aromatic carbocycles. The fourth-order valence-corrected chi connectivity index (χ4v) is 1.66. The fourth-order valence-electron chi connectivity index (χ4n) is 1.66. The molecule has 0 aliphatic carbocycles. The van der Waals surface area contributed by atoms with Gasteiger partial charge in [0.05, 0.1) is 0 Å². The molecule has 1 aromatic rings. The molecule has 0 fully saturated rings. The normalized spacial score (nSPS) is 13.4. The van der Waals surface area contributed by atoms with Crippen molar-refractivity contribution in [2.75, 3.05) is 20.6 Å². The first-order chi connectivity index (χ1) is 7.17. The minimum absolute atomic E-state index is 0.243. The predicted octanol–water partition coefficient (Wildman–Crippen LogP) is -0.161. The van der Waals surface area contributed by atoms with Crippen LogP contribution >= 0.6 is 0 Å². The number of likely N-dealkylation sites (N-methyl/N-ethyl adjacent to an activating group) is 1. The Morgan fingerprint density at radius 1 is 1.60 bits per heavy atom. The number of hydrazine groups is 1. The van der Waals surface area contributed by atoms with Gasteiger partial charge in [0, 0.05) is 37.9 Å². The second-order valence-electron chi connectivity index (χ2n) is 3.96. The van der Waals surface area contributed by atoms with Crippen molar-refractivity contribution in [2.45, 2.75) is 25.9 Å². The van der Waals surface area contributed by atoms with Gasteiger partial charge in [-0.2, -0.15) is 0 Å². The molecule has 15 heavy (non-hydrogen) atoms. The number of nitrogens with one attached hydrogen (secondary N) is 1. The largest absolute Gasteiger partial charge is 0.335 e. The molecular formula is C10H21N5. The van der Waals surface area contributed by atoms with E-state index in [1.54, 1.807) is 0 Å². The van der Waals surface area contributed by atoms with E-state index in [1.807, 2.05) is 26.5 Å². The molecule has 1 unspecified atom stereocenters. The first-order valence-electron chi connectivity index (χ1n) is 5.28. The third-order valence-corrected chi connectivity index (χ3v) is 2.39. The summed E-state index contributed by atoms with van der Waals surface area (Å²) < 4.78 is 2.14. The summed E-state index contributed by atoms with van der Waals surface area (Å²) in [5, 5.41) is 0. The highest BCUT2D eigenvalue weighted by Crippen LogP contribution is 2.02. The Morgan fingerprint density at radius 3 is 2.87 bits per heavy atom. The summed E-state index contributed by atoms with van der Waals surface area (Å²) in [7, 11) is 4.08. The highest BCUT2D eigenvalue weighted by atomic mass is 15.3. The van der Waals surface area contributed by atoms with Gasteiger partial charge in [0.25, 0.3) is 0 Å². The maximum absolute atomic E-state index is 5.52. The zero-order valence-corrected chi connectivity index (χ0v) is 9.77. The van der Waals surface area contributed by atoms with Crippen molar-refractivity contribution in [2.24, 2.45) is 5.84 Å². The molecule has 5 heteroatoms. The standard InChI is InChI=1S/C10H21N5/c1-4-15-6-5-12-10(15)7-9(13-11)8-14(2)3/h5-6,9,13H,4,7-8,11H2,1-3H3. The van der Waals surface area contributed by atoms with Gasteiger partial charge in [-0.3, -0.25) is 11.3 Å². The van der Waals surface area contributed by atoms with E-state index in [-0.39, 0.29) is 6.04 Å². The molecule has 1 rings (SSSR count). The molecule has 1 atom stereocenters. The smallest absolute Gasteiger partial charge is 0.110 e. The van der Waals surface area contributed by atoms with Crippen LogP contribution in [0.2, 0.25) is 0 Å². The lowest BCUT2D eigenvalue weighted by Crippen LogP contribution is -2.44. The van der Waals surface area contributed by atoms with Crippen molar-refractivity contribution < 1.29 is 0 Å². The van der Waals surface area contributed by atoms with Crippen molar-refractivity contribution in [1.82, 2.24) is 19.9 Å². The van der Waals surface area contributed by atoms with Gasteiger partial charge in [-0.25, -0.2) is 4.98 Å². The van der Waals surface area contributed by atoms with Crippen LogP contribution in [-0.2, 0) is 13.0 Å². The first kappa shape index (κ1) is 12.2. The third-order valence-electron chi connectivity index (χ3n) is 2.39. The molecule has 0 amide bonds.